The van der Waals surface area contributed by atoms with Crippen LogP contribution in [-0.4, -0.2) is 87.5 Å². The maximum absolute atomic E-state index is 12.5. The van der Waals surface area contributed by atoms with E-state index >= 15 is 0 Å². The summed E-state index contributed by atoms with van der Waals surface area (Å²) in [5.41, 5.74) is 0.935. The second-order valence-corrected chi connectivity index (χ2v) is 8.20. The summed E-state index contributed by atoms with van der Waals surface area (Å²) in [6.07, 6.45) is 2.35. The van der Waals surface area contributed by atoms with Gasteiger partial charge in [-0.3, -0.25) is 9.59 Å². The van der Waals surface area contributed by atoms with Crippen molar-refractivity contribution in [3.63, 3.8) is 0 Å². The van der Waals surface area contributed by atoms with Gasteiger partial charge in [0.15, 0.2) is 0 Å². The number of ether oxygens (including phenoxy) is 1. The Morgan fingerprint density at radius 3 is 2.54 bits per heavy atom. The Kier molecular flexibility index (Phi) is 6.98. The van der Waals surface area contributed by atoms with Crippen LogP contribution in [0.1, 0.15) is 5.56 Å². The van der Waals surface area contributed by atoms with Crippen molar-refractivity contribution in [2.75, 3.05) is 52.6 Å². The topological polar surface area (TPSA) is 87.2 Å². The third-order valence-corrected chi connectivity index (χ3v) is 5.63. The molecule has 0 aliphatic carbocycles. The predicted molar refractivity (Wildman–Crippen MR) is 97.3 cm³/mol. The molecule has 1 saturated heterocycles. The maximum Gasteiger partial charge on any atom is 0.238 e. The molecular formula is C17H25N3O5S. The third kappa shape index (κ3) is 5.70. The van der Waals surface area contributed by atoms with Gasteiger partial charge in [-0.1, -0.05) is 12.1 Å². The molecule has 0 saturated carbocycles. The van der Waals surface area contributed by atoms with E-state index in [1.54, 1.807) is 16.9 Å². The van der Waals surface area contributed by atoms with Gasteiger partial charge in [0.25, 0.3) is 0 Å². The molecule has 26 heavy (non-hydrogen) atoms. The van der Waals surface area contributed by atoms with Crippen LogP contribution in [0.2, 0.25) is 0 Å². The van der Waals surface area contributed by atoms with Gasteiger partial charge in [-0.05, 0) is 24.1 Å². The van der Waals surface area contributed by atoms with Crippen LogP contribution < -0.4 is 4.74 Å². The molecule has 1 aliphatic rings. The normalized spacial score (nSPS) is 15.2. The van der Waals surface area contributed by atoms with Crippen molar-refractivity contribution in [3.05, 3.63) is 29.8 Å². The zero-order valence-electron chi connectivity index (χ0n) is 15.1. The number of hydrogen-bond acceptors (Lipinski definition) is 5. The van der Waals surface area contributed by atoms with E-state index in [0.717, 1.165) is 18.2 Å². The van der Waals surface area contributed by atoms with Crippen molar-refractivity contribution in [3.8, 4) is 5.75 Å². The van der Waals surface area contributed by atoms with Crippen LogP contribution in [0.5, 0.6) is 5.75 Å². The second kappa shape index (κ2) is 9.00. The predicted octanol–water partition coefficient (Wildman–Crippen LogP) is -0.200. The van der Waals surface area contributed by atoms with Gasteiger partial charge >= 0.3 is 0 Å². The summed E-state index contributed by atoms with van der Waals surface area (Å²) in [5, 5.41) is 0. The average Bonchev–Trinajstić information content (AvgIpc) is 2.64. The van der Waals surface area contributed by atoms with Gasteiger partial charge in [0.1, 0.15) is 5.75 Å². The molecule has 0 atom stereocenters. The van der Waals surface area contributed by atoms with Gasteiger partial charge in [0.2, 0.25) is 22.3 Å². The molecular weight excluding hydrogens is 358 g/mol. The standard InChI is InChI=1S/C17H25N3O5S/c1-25-16-5-3-4-15(12-16)6-7-20(26(2,23)24)13-17(22)19-10-8-18(14-21)9-11-19/h3-5,12,14H,6-11,13H2,1-2H3. The van der Waals surface area contributed by atoms with E-state index < -0.39 is 10.0 Å². The first kappa shape index (κ1) is 20.2. The smallest absolute Gasteiger partial charge is 0.238 e. The van der Waals surface area contributed by atoms with Gasteiger partial charge in [-0.2, -0.15) is 4.31 Å². The number of amides is 2. The number of benzene rings is 1. The molecule has 1 aromatic carbocycles. The third-order valence-electron chi connectivity index (χ3n) is 4.38. The highest BCUT2D eigenvalue weighted by Gasteiger charge is 2.25. The maximum atomic E-state index is 12.5. The monoisotopic (exact) mass is 383 g/mol. The summed E-state index contributed by atoms with van der Waals surface area (Å²) in [4.78, 5) is 26.4. The summed E-state index contributed by atoms with van der Waals surface area (Å²) in [6.45, 7) is 1.81. The van der Waals surface area contributed by atoms with Crippen molar-refractivity contribution in [2.45, 2.75) is 6.42 Å². The number of carbonyl (C=O) groups is 2. The fraction of sp³-hybridized carbons (Fsp3) is 0.529. The van der Waals surface area contributed by atoms with Crippen molar-refractivity contribution in [2.24, 2.45) is 0 Å². The number of methoxy groups -OCH3 is 1. The molecule has 8 nitrogen and oxygen atoms in total. The van der Waals surface area contributed by atoms with Crippen molar-refractivity contribution in [1.82, 2.24) is 14.1 Å². The first-order valence-electron chi connectivity index (χ1n) is 8.38. The van der Waals surface area contributed by atoms with Crippen molar-refractivity contribution < 1.29 is 22.7 Å². The summed E-state index contributed by atoms with van der Waals surface area (Å²) in [7, 11) is -1.94. The SMILES string of the molecule is COc1cccc(CCN(CC(=O)N2CCN(C=O)CC2)S(C)(=O)=O)c1. The Labute approximate surface area is 154 Å². The van der Waals surface area contributed by atoms with E-state index in [0.29, 0.717) is 38.3 Å². The first-order chi connectivity index (χ1) is 12.3. The van der Waals surface area contributed by atoms with Crippen LogP contribution in [0.3, 0.4) is 0 Å². The van der Waals surface area contributed by atoms with E-state index in [1.165, 1.54) is 4.31 Å². The highest BCUT2D eigenvalue weighted by Crippen LogP contribution is 2.14. The Bertz CT molecular complexity index is 730. The van der Waals surface area contributed by atoms with Gasteiger partial charge in [0.05, 0.1) is 19.9 Å². The fourth-order valence-corrected chi connectivity index (χ4v) is 3.54. The molecule has 2 amide bonds. The Balaban J connectivity index is 1.97. The molecule has 0 spiro atoms. The highest BCUT2D eigenvalue weighted by atomic mass is 32.2. The fourth-order valence-electron chi connectivity index (χ4n) is 2.77. The van der Waals surface area contributed by atoms with E-state index in [9.17, 15) is 18.0 Å². The number of piperazine rings is 1. The lowest BCUT2D eigenvalue weighted by Crippen LogP contribution is -2.51. The van der Waals surface area contributed by atoms with E-state index in [-0.39, 0.29) is 19.0 Å². The summed E-state index contributed by atoms with van der Waals surface area (Å²) in [6, 6.07) is 7.40. The lowest BCUT2D eigenvalue weighted by molar-refractivity contribution is -0.135. The molecule has 1 fully saturated rings. The summed E-state index contributed by atoms with van der Waals surface area (Å²) < 4.78 is 30.5. The summed E-state index contributed by atoms with van der Waals surface area (Å²) in [5.74, 6) is 0.462. The summed E-state index contributed by atoms with van der Waals surface area (Å²) >= 11 is 0. The molecule has 0 bridgehead atoms. The quantitative estimate of drug-likeness (QED) is 0.580. The minimum absolute atomic E-state index is 0.191. The molecule has 1 aliphatic heterocycles. The number of sulfonamides is 1. The first-order valence-corrected chi connectivity index (χ1v) is 10.2. The zero-order chi connectivity index (χ0) is 19.2. The zero-order valence-corrected chi connectivity index (χ0v) is 15.9. The largest absolute Gasteiger partial charge is 0.497 e. The van der Waals surface area contributed by atoms with Gasteiger partial charge in [-0.25, -0.2) is 8.42 Å². The Hall–Kier alpha value is -2.13. The van der Waals surface area contributed by atoms with Crippen LogP contribution in [0, 0.1) is 0 Å². The highest BCUT2D eigenvalue weighted by molar-refractivity contribution is 7.88. The van der Waals surface area contributed by atoms with Crippen LogP contribution in [0.4, 0.5) is 0 Å². The molecule has 144 valence electrons. The second-order valence-electron chi connectivity index (χ2n) is 6.22. The van der Waals surface area contributed by atoms with E-state index in [1.807, 2.05) is 24.3 Å². The lowest BCUT2D eigenvalue weighted by Gasteiger charge is -2.33. The van der Waals surface area contributed by atoms with E-state index in [4.69, 9.17) is 4.74 Å². The van der Waals surface area contributed by atoms with Crippen molar-refractivity contribution >= 4 is 22.3 Å². The van der Waals surface area contributed by atoms with Crippen LogP contribution in [-0.2, 0) is 26.0 Å². The Morgan fingerprint density at radius 2 is 1.96 bits per heavy atom. The molecule has 0 aromatic heterocycles. The molecule has 9 heteroatoms. The molecule has 1 aromatic rings. The van der Waals surface area contributed by atoms with Crippen LogP contribution >= 0.6 is 0 Å². The van der Waals surface area contributed by atoms with Crippen molar-refractivity contribution in [1.29, 1.82) is 0 Å². The molecule has 2 rings (SSSR count). The van der Waals surface area contributed by atoms with Gasteiger partial charge in [-0.15, -0.1) is 0 Å². The number of nitrogens with zero attached hydrogens (tertiary/aromatic N) is 3. The molecule has 0 radical (unpaired) electrons. The van der Waals surface area contributed by atoms with Gasteiger partial charge in [0, 0.05) is 32.7 Å². The lowest BCUT2D eigenvalue weighted by atomic mass is 10.1. The van der Waals surface area contributed by atoms with Gasteiger partial charge < -0.3 is 14.5 Å². The minimum atomic E-state index is -3.51. The molecule has 1 heterocycles. The van der Waals surface area contributed by atoms with Crippen LogP contribution in [0.15, 0.2) is 24.3 Å². The number of hydrogen-bond donors (Lipinski definition) is 0. The minimum Gasteiger partial charge on any atom is -0.497 e. The molecule has 0 unspecified atom stereocenters. The number of rotatable bonds is 8. The average molecular weight is 383 g/mol. The molecule has 0 N–H and O–H groups in total. The number of carbonyl (C=O) groups excluding carboxylic acids is 2. The van der Waals surface area contributed by atoms with Crippen LogP contribution in [0.25, 0.3) is 0 Å². The van der Waals surface area contributed by atoms with E-state index in [2.05, 4.69) is 0 Å². The Morgan fingerprint density at radius 1 is 1.27 bits per heavy atom.